The zero-order valence-electron chi connectivity index (χ0n) is 21.8. The first kappa shape index (κ1) is 27.7. The number of halogens is 1. The number of allylic oxidation sites excluding steroid dienone is 1. The van der Waals surface area contributed by atoms with E-state index in [-0.39, 0.29) is 54.3 Å². The monoisotopic (exact) mass is 530 g/mol. The molecule has 1 saturated carbocycles. The maximum Gasteiger partial charge on any atom is 0.410 e. The summed E-state index contributed by atoms with van der Waals surface area (Å²) in [4.78, 5) is 28.5. The lowest BCUT2D eigenvalue weighted by Gasteiger charge is -2.43. The highest BCUT2D eigenvalue weighted by Crippen LogP contribution is 2.59. The van der Waals surface area contributed by atoms with Crippen LogP contribution in [0.1, 0.15) is 46.5 Å². The molecule has 3 aliphatic heterocycles. The number of epoxide rings is 2. The quantitative estimate of drug-likeness (QED) is 0.184. The molecule has 1 spiro atoms. The summed E-state index contributed by atoms with van der Waals surface area (Å²) < 4.78 is 41.2. The second-order valence-electron chi connectivity index (χ2n) is 10.7. The zero-order valence-corrected chi connectivity index (χ0v) is 22.8. The Morgan fingerprint density at radius 1 is 1.22 bits per heavy atom. The van der Waals surface area contributed by atoms with Crippen molar-refractivity contribution in [2.75, 3.05) is 52.8 Å². The van der Waals surface area contributed by atoms with Gasteiger partial charge >= 0.3 is 12.1 Å². The molecule has 0 aromatic rings. The van der Waals surface area contributed by atoms with Crippen LogP contribution in [0.5, 0.6) is 0 Å². The highest BCUT2D eigenvalue weighted by Gasteiger charge is 2.72. The second-order valence-corrected chi connectivity index (χ2v) is 11.2. The molecular weight excluding hydrogens is 490 g/mol. The van der Waals surface area contributed by atoms with Gasteiger partial charge in [-0.05, 0) is 40.0 Å². The third-order valence-corrected chi connectivity index (χ3v) is 8.29. The van der Waals surface area contributed by atoms with Gasteiger partial charge in [0.1, 0.15) is 38.6 Å². The Morgan fingerprint density at radius 3 is 2.56 bits per heavy atom. The minimum absolute atomic E-state index is 0.00774. The number of esters is 1. The van der Waals surface area contributed by atoms with E-state index in [1.807, 2.05) is 0 Å². The third kappa shape index (κ3) is 6.21. The van der Waals surface area contributed by atoms with Crippen molar-refractivity contribution in [1.29, 1.82) is 0 Å². The largest absolute Gasteiger partial charge is 0.459 e. The predicted molar refractivity (Wildman–Crippen MR) is 133 cm³/mol. The van der Waals surface area contributed by atoms with Crippen molar-refractivity contribution < 1.29 is 37.5 Å². The molecule has 4 rings (SSSR count). The van der Waals surface area contributed by atoms with Gasteiger partial charge in [-0.25, -0.2) is 8.99 Å². The van der Waals surface area contributed by atoms with Crippen LogP contribution in [0.3, 0.4) is 0 Å². The molecule has 0 N–H and O–H groups in total. The number of methoxy groups -OCH3 is 1. The number of rotatable bonds is 10. The summed E-state index contributed by atoms with van der Waals surface area (Å²) >= 11 is 0. The molecule has 7 atom stereocenters. The molecule has 3 saturated heterocycles. The van der Waals surface area contributed by atoms with E-state index in [0.29, 0.717) is 45.8 Å². The number of amides is 1. The predicted octanol–water partition coefficient (Wildman–Crippen LogP) is 3.27. The molecule has 3 heterocycles. The van der Waals surface area contributed by atoms with Gasteiger partial charge in [-0.2, -0.15) is 0 Å². The lowest BCUT2D eigenvalue weighted by Crippen LogP contribution is -2.57. The minimum atomic E-state index is -0.890. The van der Waals surface area contributed by atoms with Gasteiger partial charge in [0.2, 0.25) is 0 Å². The van der Waals surface area contributed by atoms with Crippen molar-refractivity contribution >= 4 is 21.0 Å². The number of hydrogen-bond acceptors (Lipinski definition) is 8. The van der Waals surface area contributed by atoms with E-state index in [9.17, 15) is 13.8 Å². The van der Waals surface area contributed by atoms with Crippen LogP contribution in [0.15, 0.2) is 11.6 Å². The normalized spacial score (nSPS) is 36.2. The molecular formula is C25H40FN2O7P. The van der Waals surface area contributed by atoms with E-state index in [1.165, 1.54) is 5.57 Å². The fourth-order valence-electron chi connectivity index (χ4n) is 5.86. The summed E-state index contributed by atoms with van der Waals surface area (Å²) in [5.74, 6) is -0.403. The first-order chi connectivity index (χ1) is 17.2. The average Bonchev–Trinajstić information content (AvgIpc) is 3.78. The van der Waals surface area contributed by atoms with E-state index < -0.39 is 14.9 Å². The van der Waals surface area contributed by atoms with Gasteiger partial charge in [-0.3, -0.25) is 9.69 Å². The number of hydrogen-bond donors (Lipinski definition) is 0. The molecule has 11 heteroatoms. The fourth-order valence-corrected chi connectivity index (χ4v) is 6.07. The number of nitrogens with zero attached hydrogens (tertiary/aromatic N) is 2. The van der Waals surface area contributed by atoms with E-state index >= 15 is 0 Å². The van der Waals surface area contributed by atoms with Crippen LogP contribution >= 0.6 is 8.89 Å². The molecule has 0 aromatic heterocycles. The molecule has 4 fully saturated rings. The molecule has 0 aromatic carbocycles. The average molecular weight is 531 g/mol. The number of ether oxygens (including phenoxy) is 5. The van der Waals surface area contributed by atoms with E-state index in [4.69, 9.17) is 23.7 Å². The standard InChI is InChI=1S/C25H40FN2O7P/c1-17(2)5-6-19-24(3,35-19)22-21(31-4)18(7-9-25(22)15-33-25)34-23(30)28-13-11-27(12-14-28)10-8-20(29)32-16-36-26/h5,18-19,21-22,36H,6-16H2,1-4H3/t18-,19-,21-,22-,24?,25+/m1/s1. The maximum absolute atomic E-state index is 13.1. The maximum atomic E-state index is 13.1. The van der Waals surface area contributed by atoms with Gasteiger partial charge in [0.25, 0.3) is 0 Å². The topological polar surface area (TPSA) is 93.4 Å². The summed E-state index contributed by atoms with van der Waals surface area (Å²) in [6.07, 6.45) is 3.71. The van der Waals surface area contributed by atoms with Crippen molar-refractivity contribution in [1.82, 2.24) is 9.80 Å². The molecule has 0 bridgehead atoms. The smallest absolute Gasteiger partial charge is 0.410 e. The van der Waals surface area contributed by atoms with E-state index in [0.717, 1.165) is 12.8 Å². The lowest BCUT2D eigenvalue weighted by molar-refractivity contribution is -0.142. The lowest BCUT2D eigenvalue weighted by atomic mass is 9.68. The Morgan fingerprint density at radius 2 is 1.94 bits per heavy atom. The first-order valence-electron chi connectivity index (χ1n) is 12.9. The molecule has 36 heavy (non-hydrogen) atoms. The Bertz CT molecular complexity index is 829. The minimum Gasteiger partial charge on any atom is -0.459 e. The SMILES string of the molecule is CO[C@H]1[C@H](C2(C)O[C@@H]2CC=C(C)C)[C@]2(CC[C@H]1OC(=O)N1CCN(CCC(=O)OCPF)CC1)CO2. The van der Waals surface area contributed by atoms with Crippen LogP contribution in [0.25, 0.3) is 0 Å². The molecule has 4 aliphatic rings. The van der Waals surface area contributed by atoms with Crippen LogP contribution in [0.4, 0.5) is 8.99 Å². The van der Waals surface area contributed by atoms with E-state index in [2.05, 4.69) is 31.7 Å². The van der Waals surface area contributed by atoms with E-state index in [1.54, 1.807) is 12.0 Å². The van der Waals surface area contributed by atoms with Crippen LogP contribution < -0.4 is 0 Å². The Kier molecular flexibility index (Phi) is 8.93. The third-order valence-electron chi connectivity index (χ3n) is 8.04. The summed E-state index contributed by atoms with van der Waals surface area (Å²) in [6.45, 7) is 9.85. The highest BCUT2D eigenvalue weighted by atomic mass is 31.1. The van der Waals surface area contributed by atoms with Gasteiger partial charge in [-0.1, -0.05) is 11.6 Å². The van der Waals surface area contributed by atoms with Crippen molar-refractivity contribution in [3.8, 4) is 0 Å². The molecule has 1 aliphatic carbocycles. The fraction of sp³-hybridized carbons (Fsp3) is 0.840. The van der Waals surface area contributed by atoms with Crippen molar-refractivity contribution in [3.05, 3.63) is 11.6 Å². The molecule has 204 valence electrons. The van der Waals surface area contributed by atoms with Gasteiger partial charge in [-0.15, -0.1) is 0 Å². The Labute approximate surface area is 214 Å². The van der Waals surface area contributed by atoms with Crippen molar-refractivity contribution in [2.45, 2.75) is 76.0 Å². The van der Waals surface area contributed by atoms with Crippen LogP contribution in [0, 0.1) is 5.92 Å². The van der Waals surface area contributed by atoms with Crippen molar-refractivity contribution in [3.63, 3.8) is 0 Å². The van der Waals surface area contributed by atoms with Crippen LogP contribution in [0.2, 0.25) is 0 Å². The van der Waals surface area contributed by atoms with Crippen LogP contribution in [-0.2, 0) is 28.5 Å². The van der Waals surface area contributed by atoms with Gasteiger partial charge in [0, 0.05) is 39.8 Å². The molecule has 0 radical (unpaired) electrons. The molecule has 2 unspecified atom stereocenters. The Hall–Kier alpha value is -1.32. The Balaban J connectivity index is 1.30. The summed E-state index contributed by atoms with van der Waals surface area (Å²) in [7, 11) is 0.786. The summed E-state index contributed by atoms with van der Waals surface area (Å²) in [5.41, 5.74) is 0.641. The van der Waals surface area contributed by atoms with Gasteiger partial charge in [0.15, 0.2) is 0 Å². The second kappa shape index (κ2) is 11.6. The van der Waals surface area contributed by atoms with Gasteiger partial charge in [0.05, 0.1) is 25.0 Å². The summed E-state index contributed by atoms with van der Waals surface area (Å²) in [6, 6.07) is 0. The van der Waals surface area contributed by atoms with Gasteiger partial charge < -0.3 is 28.6 Å². The number of carbonyl (C=O) groups is 2. The van der Waals surface area contributed by atoms with Crippen LogP contribution in [-0.4, -0.2) is 104 Å². The van der Waals surface area contributed by atoms with Crippen molar-refractivity contribution in [2.24, 2.45) is 5.92 Å². The first-order valence-corrected chi connectivity index (χ1v) is 14.0. The summed E-state index contributed by atoms with van der Waals surface area (Å²) in [5, 5.41) is 0. The zero-order chi connectivity index (χ0) is 25.9. The number of carbonyl (C=O) groups excluding carboxylic acids is 2. The molecule has 9 nitrogen and oxygen atoms in total. The number of piperazine rings is 1. The highest BCUT2D eigenvalue weighted by molar-refractivity contribution is 7.31. The molecule has 1 amide bonds.